The molecule has 6 nitrogen and oxygen atoms in total. The number of piperidine rings is 1. The van der Waals surface area contributed by atoms with Gasteiger partial charge in [0, 0.05) is 12.5 Å². The third-order valence-electron chi connectivity index (χ3n) is 5.41. The molecule has 1 amide bonds. The third-order valence-corrected chi connectivity index (χ3v) is 5.41. The average molecular weight is 398 g/mol. The highest BCUT2D eigenvalue weighted by Gasteiger charge is 2.57. The van der Waals surface area contributed by atoms with Crippen LogP contribution in [-0.4, -0.2) is 33.8 Å². The van der Waals surface area contributed by atoms with Crippen molar-refractivity contribution in [1.29, 1.82) is 0 Å². The molecule has 2 aromatic rings. The maximum atomic E-state index is 12.4. The van der Waals surface area contributed by atoms with E-state index in [-0.39, 0.29) is 36.6 Å². The molecule has 1 unspecified atom stereocenters. The SMILES string of the molecule is Cl.Cl.O=C(NCc1ccc(Cn2cncn2)cc1)C1CC12CCNCC2. The van der Waals surface area contributed by atoms with E-state index in [0.29, 0.717) is 18.5 Å². The molecule has 4 rings (SSSR count). The summed E-state index contributed by atoms with van der Waals surface area (Å²) in [6, 6.07) is 8.29. The minimum Gasteiger partial charge on any atom is -0.352 e. The van der Waals surface area contributed by atoms with Gasteiger partial charge in [-0.2, -0.15) is 5.10 Å². The summed E-state index contributed by atoms with van der Waals surface area (Å²) >= 11 is 0. The number of hydrogen-bond acceptors (Lipinski definition) is 4. The van der Waals surface area contributed by atoms with Crippen LogP contribution in [-0.2, 0) is 17.9 Å². The molecule has 0 radical (unpaired) electrons. The van der Waals surface area contributed by atoms with Crippen LogP contribution in [0, 0.1) is 11.3 Å². The van der Waals surface area contributed by atoms with Crippen molar-refractivity contribution in [3.05, 3.63) is 48.0 Å². The first kappa shape index (κ1) is 20.7. The van der Waals surface area contributed by atoms with Crippen LogP contribution in [0.2, 0.25) is 0 Å². The van der Waals surface area contributed by atoms with Gasteiger partial charge in [-0.15, -0.1) is 24.8 Å². The van der Waals surface area contributed by atoms with Crippen LogP contribution in [0.1, 0.15) is 30.4 Å². The molecule has 142 valence electrons. The van der Waals surface area contributed by atoms with Crippen molar-refractivity contribution in [1.82, 2.24) is 25.4 Å². The highest BCUT2D eigenvalue weighted by molar-refractivity contribution is 5.85. The maximum Gasteiger partial charge on any atom is 0.223 e. The Balaban J connectivity index is 0.00000121. The lowest BCUT2D eigenvalue weighted by Crippen LogP contribution is -2.33. The molecule has 1 aromatic carbocycles. The zero-order valence-corrected chi connectivity index (χ0v) is 16.2. The molecule has 1 aromatic heterocycles. The summed E-state index contributed by atoms with van der Waals surface area (Å²) < 4.78 is 1.79. The highest BCUT2D eigenvalue weighted by atomic mass is 35.5. The second-order valence-corrected chi connectivity index (χ2v) is 7.00. The predicted molar refractivity (Wildman–Crippen MR) is 105 cm³/mol. The Labute approximate surface area is 166 Å². The van der Waals surface area contributed by atoms with E-state index in [9.17, 15) is 4.79 Å². The van der Waals surface area contributed by atoms with Crippen molar-refractivity contribution in [3.63, 3.8) is 0 Å². The zero-order chi connectivity index (χ0) is 16.4. The van der Waals surface area contributed by atoms with E-state index in [4.69, 9.17) is 0 Å². The van der Waals surface area contributed by atoms with Crippen molar-refractivity contribution in [2.24, 2.45) is 11.3 Å². The number of halogens is 2. The fourth-order valence-electron chi connectivity index (χ4n) is 3.77. The Bertz CT molecular complexity index is 699. The fourth-order valence-corrected chi connectivity index (χ4v) is 3.77. The van der Waals surface area contributed by atoms with E-state index in [1.807, 2.05) is 0 Å². The van der Waals surface area contributed by atoms with Crippen molar-refractivity contribution in [2.45, 2.75) is 32.4 Å². The summed E-state index contributed by atoms with van der Waals surface area (Å²) in [5.74, 6) is 0.454. The largest absolute Gasteiger partial charge is 0.352 e. The van der Waals surface area contributed by atoms with Crippen LogP contribution >= 0.6 is 24.8 Å². The van der Waals surface area contributed by atoms with Crippen molar-refractivity contribution < 1.29 is 4.79 Å². The molecule has 1 saturated heterocycles. The minimum absolute atomic E-state index is 0. The first-order valence-electron chi connectivity index (χ1n) is 8.64. The van der Waals surface area contributed by atoms with Crippen molar-refractivity contribution in [2.75, 3.05) is 13.1 Å². The monoisotopic (exact) mass is 397 g/mol. The summed E-state index contributed by atoms with van der Waals surface area (Å²) in [5, 5.41) is 10.6. The number of rotatable bonds is 5. The quantitative estimate of drug-likeness (QED) is 0.810. The number of benzene rings is 1. The van der Waals surface area contributed by atoms with Gasteiger partial charge in [0.15, 0.2) is 0 Å². The smallest absolute Gasteiger partial charge is 0.223 e. The second kappa shape index (κ2) is 8.84. The molecule has 1 spiro atoms. The second-order valence-electron chi connectivity index (χ2n) is 7.00. The number of hydrogen-bond donors (Lipinski definition) is 2. The van der Waals surface area contributed by atoms with Gasteiger partial charge < -0.3 is 10.6 Å². The van der Waals surface area contributed by atoms with E-state index in [2.05, 4.69) is 45.0 Å². The summed E-state index contributed by atoms with van der Waals surface area (Å²) in [4.78, 5) is 16.3. The molecule has 26 heavy (non-hydrogen) atoms. The lowest BCUT2D eigenvalue weighted by Gasteiger charge is -2.23. The van der Waals surface area contributed by atoms with Gasteiger partial charge in [-0.3, -0.25) is 4.79 Å². The average Bonchev–Trinajstić information content (AvgIpc) is 3.05. The number of amides is 1. The van der Waals surface area contributed by atoms with Crippen molar-refractivity contribution in [3.8, 4) is 0 Å². The van der Waals surface area contributed by atoms with Gasteiger partial charge in [-0.05, 0) is 48.9 Å². The Hall–Kier alpha value is -1.63. The van der Waals surface area contributed by atoms with E-state index in [0.717, 1.165) is 37.9 Å². The minimum atomic E-state index is 0. The Kier molecular flexibility index (Phi) is 7.03. The highest BCUT2D eigenvalue weighted by Crippen LogP contribution is 2.58. The molecule has 8 heteroatoms. The Morgan fingerprint density at radius 3 is 2.54 bits per heavy atom. The van der Waals surface area contributed by atoms with Gasteiger partial charge in [0.1, 0.15) is 12.7 Å². The van der Waals surface area contributed by atoms with E-state index >= 15 is 0 Å². The van der Waals surface area contributed by atoms with Gasteiger partial charge in [0.2, 0.25) is 5.91 Å². The topological polar surface area (TPSA) is 71.8 Å². The third kappa shape index (κ3) is 4.55. The van der Waals surface area contributed by atoms with Gasteiger partial charge in [-0.25, -0.2) is 9.67 Å². The van der Waals surface area contributed by atoms with Gasteiger partial charge in [0.25, 0.3) is 0 Å². The molecule has 2 aliphatic rings. The number of aromatic nitrogens is 3. The summed E-state index contributed by atoms with van der Waals surface area (Å²) in [6.45, 7) is 3.42. The Morgan fingerprint density at radius 2 is 1.88 bits per heavy atom. The number of nitrogens with one attached hydrogen (secondary N) is 2. The maximum absolute atomic E-state index is 12.4. The first-order valence-corrected chi connectivity index (χ1v) is 8.64. The molecule has 2 N–H and O–H groups in total. The normalized spacial score (nSPS) is 19.9. The van der Waals surface area contributed by atoms with Crippen LogP contribution < -0.4 is 10.6 Å². The lowest BCUT2D eigenvalue weighted by atomic mass is 9.92. The Morgan fingerprint density at radius 1 is 1.19 bits per heavy atom. The number of nitrogens with zero attached hydrogens (tertiary/aromatic N) is 3. The lowest BCUT2D eigenvalue weighted by molar-refractivity contribution is -0.123. The fraction of sp³-hybridized carbons (Fsp3) is 0.500. The predicted octanol–water partition coefficient (Wildman–Crippen LogP) is 2.18. The molecule has 1 aliphatic heterocycles. The number of carbonyl (C=O) groups excluding carboxylic acids is 1. The molecule has 0 bridgehead atoms. The molecular formula is C18H25Cl2N5O. The van der Waals surface area contributed by atoms with Crippen LogP contribution in [0.15, 0.2) is 36.9 Å². The van der Waals surface area contributed by atoms with Crippen LogP contribution in [0.4, 0.5) is 0 Å². The molecule has 2 heterocycles. The van der Waals surface area contributed by atoms with Crippen LogP contribution in [0.5, 0.6) is 0 Å². The van der Waals surface area contributed by atoms with Crippen molar-refractivity contribution >= 4 is 30.7 Å². The summed E-state index contributed by atoms with van der Waals surface area (Å²) in [7, 11) is 0. The number of carbonyl (C=O) groups is 1. The van der Waals surface area contributed by atoms with Crippen LogP contribution in [0.25, 0.3) is 0 Å². The van der Waals surface area contributed by atoms with E-state index < -0.39 is 0 Å². The van der Waals surface area contributed by atoms with E-state index in [1.54, 1.807) is 11.0 Å². The van der Waals surface area contributed by atoms with Crippen LogP contribution in [0.3, 0.4) is 0 Å². The van der Waals surface area contributed by atoms with Gasteiger partial charge >= 0.3 is 0 Å². The molecule has 1 atom stereocenters. The summed E-state index contributed by atoms with van der Waals surface area (Å²) in [5.41, 5.74) is 2.61. The van der Waals surface area contributed by atoms with Gasteiger partial charge in [-0.1, -0.05) is 24.3 Å². The molecular weight excluding hydrogens is 373 g/mol. The molecule has 2 fully saturated rings. The molecule has 1 saturated carbocycles. The zero-order valence-electron chi connectivity index (χ0n) is 14.6. The first-order chi connectivity index (χ1) is 11.8. The molecule has 1 aliphatic carbocycles. The summed E-state index contributed by atoms with van der Waals surface area (Å²) in [6.07, 6.45) is 6.60. The van der Waals surface area contributed by atoms with Gasteiger partial charge in [0.05, 0.1) is 6.54 Å². The van der Waals surface area contributed by atoms with E-state index in [1.165, 1.54) is 11.9 Å². The standard InChI is InChI=1S/C18H23N5O.2ClH/c24-17(16-9-18(16)5-7-19-8-6-18)21-10-14-1-3-15(4-2-14)11-23-13-20-12-22-23;;/h1-4,12-13,16,19H,5-11H2,(H,21,24);2*1H.